The van der Waals surface area contributed by atoms with E-state index in [4.69, 9.17) is 0 Å². The lowest BCUT2D eigenvalue weighted by atomic mass is 10.4. The van der Waals surface area contributed by atoms with Gasteiger partial charge in [-0.25, -0.2) is 9.59 Å². The van der Waals surface area contributed by atoms with Crippen molar-refractivity contribution in [1.82, 2.24) is 0 Å². The number of esters is 2. The second-order valence-corrected chi connectivity index (χ2v) is 1.84. The smallest absolute Gasteiger partial charge is 0.367 e. The lowest BCUT2D eigenvalue weighted by Crippen LogP contribution is -2.26. The zero-order valence-electron chi connectivity index (χ0n) is 7.70. The fourth-order valence-corrected chi connectivity index (χ4v) is 0.480. The Morgan fingerprint density at radius 1 is 1.15 bits per heavy atom. The molecule has 6 nitrogen and oxygen atoms in total. The Bertz CT molecular complexity index is 205. The second-order valence-electron chi connectivity index (χ2n) is 1.84. The van der Waals surface area contributed by atoms with Crippen LogP contribution in [0.25, 0.3) is 0 Å². The molecule has 0 aliphatic carbocycles. The molecule has 0 aliphatic rings. The van der Waals surface area contributed by atoms with E-state index in [1.54, 1.807) is 6.92 Å². The number of ether oxygens (including phenoxy) is 2. The van der Waals surface area contributed by atoms with Gasteiger partial charge < -0.3 is 14.3 Å². The van der Waals surface area contributed by atoms with Crippen LogP contribution < -0.4 is 0 Å². The van der Waals surface area contributed by atoms with E-state index >= 15 is 0 Å². The number of carbonyl (C=O) groups excluding carboxylic acids is 2. The molecule has 0 radical (unpaired) electrons. The molecule has 6 heteroatoms. The van der Waals surface area contributed by atoms with E-state index in [2.05, 4.69) is 19.5 Å². The Labute approximate surface area is 75.4 Å². The largest absolute Gasteiger partial charge is 0.464 e. The first-order chi connectivity index (χ1) is 6.17. The molecule has 13 heavy (non-hydrogen) atoms. The van der Waals surface area contributed by atoms with Crippen LogP contribution in [0.4, 0.5) is 0 Å². The monoisotopic (exact) mass is 189 g/mol. The Kier molecular flexibility index (Phi) is 5.25. The topological polar surface area (TPSA) is 74.2 Å². The van der Waals surface area contributed by atoms with Crippen molar-refractivity contribution in [2.24, 2.45) is 5.16 Å². The summed E-state index contributed by atoms with van der Waals surface area (Å²) >= 11 is 0. The SMILES string of the molecule is CCON=C(C(=O)OC)C(=O)OC. The summed E-state index contributed by atoms with van der Waals surface area (Å²) in [4.78, 5) is 26.3. The minimum absolute atomic E-state index is 0.248. The van der Waals surface area contributed by atoms with Gasteiger partial charge in [0.2, 0.25) is 0 Å². The summed E-state index contributed by atoms with van der Waals surface area (Å²) in [6.45, 7) is 1.91. The average molecular weight is 189 g/mol. The molecule has 0 aromatic heterocycles. The van der Waals surface area contributed by atoms with Crippen molar-refractivity contribution >= 4 is 17.7 Å². The maximum atomic E-state index is 10.9. The first kappa shape index (κ1) is 11.4. The number of methoxy groups -OCH3 is 2. The van der Waals surface area contributed by atoms with Gasteiger partial charge in [-0.15, -0.1) is 0 Å². The van der Waals surface area contributed by atoms with Crippen LogP contribution in [0, 0.1) is 0 Å². The van der Waals surface area contributed by atoms with E-state index in [1.807, 2.05) is 0 Å². The van der Waals surface area contributed by atoms with Crippen LogP contribution in [-0.4, -0.2) is 38.5 Å². The zero-order chi connectivity index (χ0) is 10.3. The molecule has 0 saturated carbocycles. The van der Waals surface area contributed by atoms with Gasteiger partial charge in [0.05, 0.1) is 14.2 Å². The van der Waals surface area contributed by atoms with Gasteiger partial charge in [-0.3, -0.25) is 0 Å². The maximum Gasteiger partial charge on any atom is 0.367 e. The maximum absolute atomic E-state index is 10.9. The summed E-state index contributed by atoms with van der Waals surface area (Å²) in [5.74, 6) is -1.78. The van der Waals surface area contributed by atoms with Crippen LogP contribution in [0.2, 0.25) is 0 Å². The molecule has 0 aliphatic heterocycles. The number of rotatable bonds is 4. The van der Waals surface area contributed by atoms with E-state index < -0.39 is 17.7 Å². The summed E-state index contributed by atoms with van der Waals surface area (Å²) in [5, 5.41) is 3.25. The molecule has 0 rings (SSSR count). The highest BCUT2D eigenvalue weighted by Gasteiger charge is 2.22. The van der Waals surface area contributed by atoms with Gasteiger partial charge in [0, 0.05) is 0 Å². The fourth-order valence-electron chi connectivity index (χ4n) is 0.480. The molecule has 0 heterocycles. The summed E-state index contributed by atoms with van der Waals surface area (Å²) in [5.41, 5.74) is -0.508. The zero-order valence-corrected chi connectivity index (χ0v) is 7.70. The minimum Gasteiger partial charge on any atom is -0.464 e. The van der Waals surface area contributed by atoms with Gasteiger partial charge in [0.15, 0.2) is 0 Å². The summed E-state index contributed by atoms with van der Waals surface area (Å²) in [7, 11) is 2.26. The molecule has 0 bridgehead atoms. The lowest BCUT2D eigenvalue weighted by molar-refractivity contribution is -0.138. The van der Waals surface area contributed by atoms with Crippen LogP contribution in [0.15, 0.2) is 5.16 Å². The minimum atomic E-state index is -0.889. The summed E-state index contributed by atoms with van der Waals surface area (Å²) in [6, 6.07) is 0. The van der Waals surface area contributed by atoms with E-state index in [0.29, 0.717) is 0 Å². The highest BCUT2D eigenvalue weighted by molar-refractivity contribution is 6.62. The molecule has 0 aromatic rings. The molecule has 0 fully saturated rings. The summed E-state index contributed by atoms with van der Waals surface area (Å²) in [6.07, 6.45) is 0. The van der Waals surface area contributed by atoms with Crippen LogP contribution in [0.5, 0.6) is 0 Å². The predicted molar refractivity (Wildman–Crippen MR) is 43.1 cm³/mol. The Hall–Kier alpha value is -1.59. The molecule has 74 valence electrons. The van der Waals surface area contributed by atoms with Crippen LogP contribution in [0.1, 0.15) is 6.92 Å². The number of hydrogen-bond acceptors (Lipinski definition) is 6. The van der Waals surface area contributed by atoms with E-state index in [9.17, 15) is 9.59 Å². The number of carbonyl (C=O) groups is 2. The second kappa shape index (κ2) is 5.99. The van der Waals surface area contributed by atoms with Crippen molar-refractivity contribution in [1.29, 1.82) is 0 Å². The lowest BCUT2D eigenvalue weighted by Gasteiger charge is -2.01. The van der Waals surface area contributed by atoms with Crippen molar-refractivity contribution < 1.29 is 23.9 Å². The molecule has 0 saturated heterocycles. The third-order valence-electron chi connectivity index (χ3n) is 1.04. The van der Waals surface area contributed by atoms with Crippen molar-refractivity contribution in [3.8, 4) is 0 Å². The number of nitrogens with zero attached hydrogens (tertiary/aromatic N) is 1. The standard InChI is InChI=1S/C7H11NO5/c1-4-13-8-5(6(9)11-2)7(10)12-3/h4H2,1-3H3. The third-order valence-corrected chi connectivity index (χ3v) is 1.04. The Morgan fingerprint density at radius 2 is 1.62 bits per heavy atom. The van der Waals surface area contributed by atoms with Crippen molar-refractivity contribution in [2.45, 2.75) is 6.92 Å². The molecular weight excluding hydrogens is 178 g/mol. The van der Waals surface area contributed by atoms with Gasteiger partial charge in [0.1, 0.15) is 6.61 Å². The van der Waals surface area contributed by atoms with Gasteiger partial charge in [0.25, 0.3) is 5.71 Å². The predicted octanol–water partition coefficient (Wildman–Crippen LogP) is -0.275. The molecular formula is C7H11NO5. The van der Waals surface area contributed by atoms with Gasteiger partial charge in [-0.05, 0) is 6.92 Å². The van der Waals surface area contributed by atoms with Crippen LogP contribution >= 0.6 is 0 Å². The highest BCUT2D eigenvalue weighted by Crippen LogP contribution is 1.89. The summed E-state index contributed by atoms with van der Waals surface area (Å²) < 4.78 is 8.56. The molecule has 0 spiro atoms. The van der Waals surface area contributed by atoms with E-state index in [1.165, 1.54) is 0 Å². The Morgan fingerprint density at radius 3 is 1.92 bits per heavy atom. The number of hydrogen-bond donors (Lipinski definition) is 0. The molecule has 0 amide bonds. The quantitative estimate of drug-likeness (QED) is 0.263. The van der Waals surface area contributed by atoms with Gasteiger partial charge >= 0.3 is 11.9 Å². The third kappa shape index (κ3) is 3.55. The van der Waals surface area contributed by atoms with Gasteiger partial charge in [-0.2, -0.15) is 0 Å². The Balaban J connectivity index is 4.54. The number of oxime groups is 1. The van der Waals surface area contributed by atoms with Gasteiger partial charge in [-0.1, -0.05) is 5.16 Å². The first-order valence-electron chi connectivity index (χ1n) is 3.53. The van der Waals surface area contributed by atoms with E-state index in [-0.39, 0.29) is 6.61 Å². The van der Waals surface area contributed by atoms with Crippen molar-refractivity contribution in [3.05, 3.63) is 0 Å². The molecule has 0 atom stereocenters. The van der Waals surface area contributed by atoms with Crippen LogP contribution in [0.3, 0.4) is 0 Å². The first-order valence-corrected chi connectivity index (χ1v) is 3.53. The van der Waals surface area contributed by atoms with E-state index in [0.717, 1.165) is 14.2 Å². The van der Waals surface area contributed by atoms with Crippen molar-refractivity contribution in [3.63, 3.8) is 0 Å². The molecule has 0 aromatic carbocycles. The fraction of sp³-hybridized carbons (Fsp3) is 0.571. The molecule has 0 N–H and O–H groups in total. The highest BCUT2D eigenvalue weighted by atomic mass is 16.6. The van der Waals surface area contributed by atoms with Crippen LogP contribution in [-0.2, 0) is 23.9 Å². The van der Waals surface area contributed by atoms with Crippen molar-refractivity contribution in [2.75, 3.05) is 20.8 Å². The molecule has 0 unspecified atom stereocenters. The normalized spacial score (nSPS) is 8.54. The average Bonchev–Trinajstić information content (AvgIpc) is 2.17.